The van der Waals surface area contributed by atoms with E-state index in [9.17, 15) is 40.2 Å². The SMILES string of the molecule is COC(=O)CCSCCO[C@H]1O[C@H](CO)[C@@H](O[C@@H]2O[C@H](CO)[C@H](O)[C@H](O)[C@H]2O)[C@H](O)[C@@H]1NC(C)=O. The molecule has 2 saturated heterocycles. The number of rotatable bonds is 12. The van der Waals surface area contributed by atoms with E-state index < -0.39 is 80.5 Å². The number of hydrogen-bond acceptors (Lipinski definition) is 14. The van der Waals surface area contributed by atoms with Crippen LogP contribution in [0.4, 0.5) is 0 Å². The minimum Gasteiger partial charge on any atom is -0.469 e. The number of carbonyl (C=O) groups is 2. The first-order valence-corrected chi connectivity index (χ1v) is 12.2. The van der Waals surface area contributed by atoms with Crippen LogP contribution in [0.25, 0.3) is 0 Å². The summed E-state index contributed by atoms with van der Waals surface area (Å²) in [6.07, 6.45) is -12.9. The molecule has 1 amide bonds. The third-order valence-corrected chi connectivity index (χ3v) is 6.50. The Morgan fingerprint density at radius 3 is 2.17 bits per heavy atom. The minimum absolute atomic E-state index is 0.135. The van der Waals surface area contributed by atoms with Crippen LogP contribution in [0.3, 0.4) is 0 Å². The summed E-state index contributed by atoms with van der Waals surface area (Å²) in [7, 11) is 1.30. The first-order chi connectivity index (χ1) is 16.6. The number of aliphatic hydroxyl groups is 6. The van der Waals surface area contributed by atoms with Crippen LogP contribution in [0.1, 0.15) is 13.3 Å². The van der Waals surface area contributed by atoms with Gasteiger partial charge in [0.2, 0.25) is 5.91 Å². The highest BCUT2D eigenvalue weighted by Gasteiger charge is 2.51. The predicted molar refractivity (Wildman–Crippen MR) is 118 cm³/mol. The topological polar surface area (TPSA) is 214 Å². The number of nitrogens with one attached hydrogen (secondary N) is 1. The standard InChI is InChI=1S/C20H35NO13S/c1-9(24)21-13-15(27)18(34-20-17(29)16(28)14(26)10(7-22)32-20)11(8-23)33-19(13)31-4-6-35-5-3-12(25)30-2/h10-11,13-20,22-23,26-29H,3-8H2,1-2H3,(H,21,24)/t10-,11-,13+,14+,15-,16+,17-,18-,19+,20+/m1/s1. The molecule has 2 aliphatic rings. The third-order valence-electron chi connectivity index (χ3n) is 5.55. The smallest absolute Gasteiger partial charge is 0.306 e. The first-order valence-electron chi connectivity index (χ1n) is 11.1. The first kappa shape index (κ1) is 30.1. The molecular weight excluding hydrogens is 494 g/mol. The van der Waals surface area contributed by atoms with Gasteiger partial charge in [0.15, 0.2) is 12.6 Å². The molecule has 0 unspecified atom stereocenters. The van der Waals surface area contributed by atoms with Crippen molar-refractivity contribution in [2.75, 3.05) is 38.4 Å². The molecule has 0 spiro atoms. The monoisotopic (exact) mass is 529 g/mol. The Kier molecular flexibility index (Phi) is 12.5. The number of methoxy groups -OCH3 is 1. The van der Waals surface area contributed by atoms with E-state index in [2.05, 4.69) is 10.1 Å². The molecule has 2 rings (SSSR count). The number of amides is 1. The van der Waals surface area contributed by atoms with E-state index in [-0.39, 0.29) is 19.0 Å². The zero-order valence-corrected chi connectivity index (χ0v) is 20.3. The van der Waals surface area contributed by atoms with Crippen molar-refractivity contribution in [3.05, 3.63) is 0 Å². The molecule has 35 heavy (non-hydrogen) atoms. The number of aliphatic hydroxyl groups excluding tert-OH is 6. The summed E-state index contributed by atoms with van der Waals surface area (Å²) in [5.74, 6) is 0.133. The number of thioether (sulfide) groups is 1. The Morgan fingerprint density at radius 2 is 1.57 bits per heavy atom. The molecule has 0 aromatic heterocycles. The average Bonchev–Trinajstić information content (AvgIpc) is 2.84. The van der Waals surface area contributed by atoms with Crippen LogP contribution in [-0.4, -0.2) is 142 Å². The predicted octanol–water partition coefficient (Wildman–Crippen LogP) is -3.93. The summed E-state index contributed by atoms with van der Waals surface area (Å²) in [4.78, 5) is 22.9. The van der Waals surface area contributed by atoms with E-state index in [0.29, 0.717) is 11.5 Å². The van der Waals surface area contributed by atoms with Gasteiger partial charge in [0, 0.05) is 18.4 Å². The highest BCUT2D eigenvalue weighted by atomic mass is 32.2. The zero-order chi connectivity index (χ0) is 26.1. The molecule has 0 aromatic rings. The van der Waals surface area contributed by atoms with E-state index in [1.165, 1.54) is 25.8 Å². The third kappa shape index (κ3) is 8.19. The van der Waals surface area contributed by atoms with Crippen LogP contribution in [0.15, 0.2) is 0 Å². The largest absolute Gasteiger partial charge is 0.469 e. The molecule has 0 bridgehead atoms. The lowest BCUT2D eigenvalue weighted by Gasteiger charge is -2.47. The highest BCUT2D eigenvalue weighted by molar-refractivity contribution is 7.99. The number of esters is 1. The molecule has 2 fully saturated rings. The molecule has 0 aromatic carbocycles. The fourth-order valence-corrected chi connectivity index (χ4v) is 4.41. The van der Waals surface area contributed by atoms with Gasteiger partial charge < -0.3 is 59.6 Å². The summed E-state index contributed by atoms with van der Waals surface area (Å²) in [6.45, 7) is 0.0352. The summed E-state index contributed by atoms with van der Waals surface area (Å²) < 4.78 is 26.9. The minimum atomic E-state index is -1.74. The van der Waals surface area contributed by atoms with Gasteiger partial charge in [0.1, 0.15) is 48.8 Å². The van der Waals surface area contributed by atoms with Crippen molar-refractivity contribution < 1.29 is 63.9 Å². The van der Waals surface area contributed by atoms with Gasteiger partial charge in [0.25, 0.3) is 0 Å². The highest BCUT2D eigenvalue weighted by Crippen LogP contribution is 2.29. The van der Waals surface area contributed by atoms with Gasteiger partial charge in [-0.2, -0.15) is 11.8 Å². The average molecular weight is 530 g/mol. The maximum absolute atomic E-state index is 11.7. The summed E-state index contributed by atoms with van der Waals surface area (Å²) in [5.41, 5.74) is 0. The maximum atomic E-state index is 11.7. The lowest BCUT2D eigenvalue weighted by molar-refractivity contribution is -0.348. The Morgan fingerprint density at radius 1 is 0.914 bits per heavy atom. The maximum Gasteiger partial charge on any atom is 0.306 e. The molecule has 0 saturated carbocycles. The van der Waals surface area contributed by atoms with Crippen molar-refractivity contribution in [1.29, 1.82) is 0 Å². The molecule has 204 valence electrons. The lowest BCUT2D eigenvalue weighted by Crippen LogP contribution is -2.67. The van der Waals surface area contributed by atoms with Crippen LogP contribution in [0.5, 0.6) is 0 Å². The number of hydrogen-bond donors (Lipinski definition) is 7. The van der Waals surface area contributed by atoms with Crippen molar-refractivity contribution >= 4 is 23.6 Å². The molecular formula is C20H35NO13S. The van der Waals surface area contributed by atoms with E-state index in [0.717, 1.165) is 0 Å². The van der Waals surface area contributed by atoms with Crippen molar-refractivity contribution in [3.63, 3.8) is 0 Å². The van der Waals surface area contributed by atoms with Crippen LogP contribution in [0, 0.1) is 0 Å². The second kappa shape index (κ2) is 14.6. The Labute approximate surface area is 206 Å². The van der Waals surface area contributed by atoms with Gasteiger partial charge in [-0.15, -0.1) is 0 Å². The van der Waals surface area contributed by atoms with Crippen LogP contribution < -0.4 is 5.32 Å². The zero-order valence-electron chi connectivity index (χ0n) is 19.5. The van der Waals surface area contributed by atoms with Crippen LogP contribution >= 0.6 is 11.8 Å². The lowest BCUT2D eigenvalue weighted by atomic mass is 9.95. The Bertz CT molecular complexity index is 671. The normalized spacial score (nSPS) is 37.6. The fraction of sp³-hybridized carbons (Fsp3) is 0.900. The van der Waals surface area contributed by atoms with E-state index >= 15 is 0 Å². The molecule has 15 heteroatoms. The Balaban J connectivity index is 2.04. The van der Waals surface area contributed by atoms with Gasteiger partial charge in [-0.05, 0) is 0 Å². The van der Waals surface area contributed by atoms with Gasteiger partial charge in [-0.3, -0.25) is 9.59 Å². The molecule has 0 radical (unpaired) electrons. The summed E-state index contributed by atoms with van der Waals surface area (Å²) in [5, 5.41) is 62.8. The second-order valence-electron chi connectivity index (χ2n) is 8.05. The van der Waals surface area contributed by atoms with Crippen molar-refractivity contribution in [2.45, 2.75) is 74.7 Å². The van der Waals surface area contributed by atoms with E-state index in [4.69, 9.17) is 18.9 Å². The molecule has 0 aliphatic carbocycles. The van der Waals surface area contributed by atoms with Crippen molar-refractivity contribution in [1.82, 2.24) is 5.32 Å². The fourth-order valence-electron chi connectivity index (χ4n) is 3.68. The molecule has 14 nitrogen and oxygen atoms in total. The van der Waals surface area contributed by atoms with Gasteiger partial charge >= 0.3 is 5.97 Å². The second-order valence-corrected chi connectivity index (χ2v) is 9.27. The van der Waals surface area contributed by atoms with Gasteiger partial charge in [-0.1, -0.05) is 0 Å². The van der Waals surface area contributed by atoms with Gasteiger partial charge in [0.05, 0.1) is 33.4 Å². The van der Waals surface area contributed by atoms with Gasteiger partial charge in [-0.25, -0.2) is 0 Å². The van der Waals surface area contributed by atoms with Crippen molar-refractivity contribution in [3.8, 4) is 0 Å². The van der Waals surface area contributed by atoms with E-state index in [1.54, 1.807) is 0 Å². The van der Waals surface area contributed by atoms with Crippen molar-refractivity contribution in [2.24, 2.45) is 0 Å². The molecule has 2 aliphatic heterocycles. The van der Waals surface area contributed by atoms with Crippen LogP contribution in [-0.2, 0) is 33.3 Å². The molecule has 7 N–H and O–H groups in total. The summed E-state index contributed by atoms with van der Waals surface area (Å²) >= 11 is 1.42. The number of ether oxygens (including phenoxy) is 5. The summed E-state index contributed by atoms with van der Waals surface area (Å²) in [6, 6.07) is -1.13. The number of carbonyl (C=O) groups excluding carboxylic acids is 2. The quantitative estimate of drug-likeness (QED) is 0.0950. The van der Waals surface area contributed by atoms with E-state index in [1.807, 2.05) is 0 Å². The molecule has 10 atom stereocenters. The Hall–Kier alpha value is -1.11. The van der Waals surface area contributed by atoms with Crippen LogP contribution in [0.2, 0.25) is 0 Å². The molecule has 2 heterocycles.